The zero-order chi connectivity index (χ0) is 16.2. The number of aliphatic carboxylic acids is 1. The van der Waals surface area contributed by atoms with Gasteiger partial charge in [0.15, 0.2) is 0 Å². The number of sulfonamides is 1. The molecule has 1 aromatic carbocycles. The molecule has 1 aromatic rings. The van der Waals surface area contributed by atoms with Crippen LogP contribution in [0.3, 0.4) is 0 Å². The Hall–Kier alpha value is -1.40. The number of hydrogen-bond acceptors (Lipinski definition) is 3. The van der Waals surface area contributed by atoms with E-state index in [4.69, 9.17) is 5.11 Å². The molecule has 0 aliphatic carbocycles. The van der Waals surface area contributed by atoms with Gasteiger partial charge in [0.2, 0.25) is 10.0 Å². The van der Waals surface area contributed by atoms with Gasteiger partial charge >= 0.3 is 5.97 Å². The molecule has 0 radical (unpaired) electrons. The molecule has 6 heteroatoms. The fourth-order valence-corrected chi connectivity index (χ4v) is 4.06. The van der Waals surface area contributed by atoms with Crippen molar-refractivity contribution in [2.75, 3.05) is 6.54 Å². The minimum atomic E-state index is -3.62. The molecule has 1 atom stereocenters. The number of benzene rings is 1. The highest BCUT2D eigenvalue weighted by Crippen LogP contribution is 2.22. The lowest BCUT2D eigenvalue weighted by atomic mass is 10.0. The Morgan fingerprint density at radius 2 is 1.76 bits per heavy atom. The Morgan fingerprint density at radius 3 is 2.19 bits per heavy atom. The summed E-state index contributed by atoms with van der Waals surface area (Å²) in [5.41, 5.74) is 2.42. The number of carboxylic acids is 1. The number of carbonyl (C=O) groups is 1. The quantitative estimate of drug-likeness (QED) is 0.809. The molecule has 0 bridgehead atoms. The van der Waals surface area contributed by atoms with Gasteiger partial charge in [0.05, 0.1) is 4.90 Å². The SMILES string of the molecule is CCC(CNS(=O)(=O)c1c(C)cc(C)cc1C)CC(=O)O. The zero-order valence-corrected chi connectivity index (χ0v) is 13.8. The standard InChI is InChI=1S/C15H23NO4S/c1-5-13(8-14(17)18)9-16-21(19,20)15-11(3)6-10(2)7-12(15)4/h6-7,13,16H,5,8-9H2,1-4H3,(H,17,18). The zero-order valence-electron chi connectivity index (χ0n) is 12.9. The van der Waals surface area contributed by atoms with E-state index in [1.54, 1.807) is 13.8 Å². The summed E-state index contributed by atoms with van der Waals surface area (Å²) in [4.78, 5) is 11.0. The summed E-state index contributed by atoms with van der Waals surface area (Å²) in [7, 11) is -3.62. The largest absolute Gasteiger partial charge is 0.481 e. The van der Waals surface area contributed by atoms with Crippen LogP contribution in [0, 0.1) is 26.7 Å². The van der Waals surface area contributed by atoms with Gasteiger partial charge in [-0.2, -0.15) is 0 Å². The topological polar surface area (TPSA) is 83.5 Å². The first-order valence-corrected chi connectivity index (χ1v) is 8.45. The van der Waals surface area contributed by atoms with Crippen molar-refractivity contribution in [2.24, 2.45) is 5.92 Å². The predicted octanol–water partition coefficient (Wildman–Crippen LogP) is 2.39. The molecule has 2 N–H and O–H groups in total. The van der Waals surface area contributed by atoms with Crippen molar-refractivity contribution in [1.29, 1.82) is 0 Å². The highest BCUT2D eigenvalue weighted by atomic mass is 32.2. The maximum Gasteiger partial charge on any atom is 0.303 e. The summed E-state index contributed by atoms with van der Waals surface area (Å²) >= 11 is 0. The third kappa shape index (κ3) is 4.82. The Balaban J connectivity index is 2.95. The average Bonchev–Trinajstić information content (AvgIpc) is 2.32. The van der Waals surface area contributed by atoms with E-state index in [-0.39, 0.29) is 18.9 Å². The van der Waals surface area contributed by atoms with Crippen LogP contribution in [0.5, 0.6) is 0 Å². The smallest absolute Gasteiger partial charge is 0.303 e. The fraction of sp³-hybridized carbons (Fsp3) is 0.533. The van der Waals surface area contributed by atoms with Crippen LogP contribution in [-0.4, -0.2) is 26.0 Å². The minimum absolute atomic E-state index is 0.0368. The Bertz CT molecular complexity index is 600. The molecule has 1 unspecified atom stereocenters. The summed E-state index contributed by atoms with van der Waals surface area (Å²) in [5, 5.41) is 8.80. The molecule has 0 aliphatic rings. The lowest BCUT2D eigenvalue weighted by Gasteiger charge is -2.16. The number of hydrogen-bond donors (Lipinski definition) is 2. The van der Waals surface area contributed by atoms with Gasteiger partial charge in [-0.15, -0.1) is 0 Å². The first kappa shape index (κ1) is 17.7. The Labute approximate surface area is 126 Å². The number of carboxylic acid groups (broad SMARTS) is 1. The number of rotatable bonds is 7. The van der Waals surface area contributed by atoms with Crippen LogP contribution in [0.4, 0.5) is 0 Å². The summed E-state index contributed by atoms with van der Waals surface area (Å²) < 4.78 is 27.4. The molecule has 0 fully saturated rings. The number of nitrogens with one attached hydrogen (secondary N) is 1. The van der Waals surface area contributed by atoms with Crippen molar-refractivity contribution in [2.45, 2.75) is 45.4 Å². The summed E-state index contributed by atoms with van der Waals surface area (Å²) in [6, 6.07) is 3.66. The molecule has 0 aliphatic heterocycles. The van der Waals surface area contributed by atoms with Gasteiger partial charge in [-0.3, -0.25) is 4.79 Å². The minimum Gasteiger partial charge on any atom is -0.481 e. The Kier molecular flexibility index (Phi) is 5.92. The maximum atomic E-state index is 12.4. The second-order valence-electron chi connectivity index (χ2n) is 5.45. The van der Waals surface area contributed by atoms with Crippen LogP contribution in [0.15, 0.2) is 17.0 Å². The molecular weight excluding hydrogens is 290 g/mol. The van der Waals surface area contributed by atoms with Crippen molar-refractivity contribution < 1.29 is 18.3 Å². The lowest BCUT2D eigenvalue weighted by molar-refractivity contribution is -0.138. The van der Waals surface area contributed by atoms with E-state index in [1.807, 2.05) is 26.0 Å². The summed E-state index contributed by atoms with van der Waals surface area (Å²) in [6.07, 6.45) is 0.575. The second kappa shape index (κ2) is 7.04. The van der Waals surface area contributed by atoms with E-state index in [0.717, 1.165) is 5.56 Å². The molecule has 21 heavy (non-hydrogen) atoms. The average molecular weight is 313 g/mol. The second-order valence-corrected chi connectivity index (χ2v) is 7.16. The van der Waals surface area contributed by atoms with Gasteiger partial charge in [-0.25, -0.2) is 13.1 Å². The molecule has 0 saturated heterocycles. The van der Waals surface area contributed by atoms with Crippen molar-refractivity contribution >= 4 is 16.0 Å². The monoisotopic (exact) mass is 313 g/mol. The van der Waals surface area contributed by atoms with Crippen LogP contribution in [-0.2, 0) is 14.8 Å². The maximum absolute atomic E-state index is 12.4. The Morgan fingerprint density at radius 1 is 1.24 bits per heavy atom. The molecule has 0 spiro atoms. The van der Waals surface area contributed by atoms with E-state index in [1.165, 1.54) is 0 Å². The van der Waals surface area contributed by atoms with E-state index in [9.17, 15) is 13.2 Å². The van der Waals surface area contributed by atoms with Gasteiger partial charge in [-0.05, 0) is 37.8 Å². The van der Waals surface area contributed by atoms with Crippen LogP contribution >= 0.6 is 0 Å². The van der Waals surface area contributed by atoms with Crippen LogP contribution in [0.1, 0.15) is 36.5 Å². The van der Waals surface area contributed by atoms with Crippen molar-refractivity contribution in [3.8, 4) is 0 Å². The van der Waals surface area contributed by atoms with Gasteiger partial charge in [-0.1, -0.05) is 31.0 Å². The summed E-state index contributed by atoms with van der Waals surface area (Å²) in [6.45, 7) is 7.44. The van der Waals surface area contributed by atoms with E-state index >= 15 is 0 Å². The van der Waals surface area contributed by atoms with Crippen LogP contribution < -0.4 is 4.72 Å². The van der Waals surface area contributed by atoms with Crippen molar-refractivity contribution in [3.63, 3.8) is 0 Å². The van der Waals surface area contributed by atoms with Crippen molar-refractivity contribution in [1.82, 2.24) is 4.72 Å². The first-order chi connectivity index (χ1) is 9.67. The third-order valence-electron chi connectivity index (χ3n) is 3.48. The van der Waals surface area contributed by atoms with E-state index in [0.29, 0.717) is 22.4 Å². The molecule has 5 nitrogen and oxygen atoms in total. The number of aryl methyl sites for hydroxylation is 3. The highest BCUT2D eigenvalue weighted by Gasteiger charge is 2.21. The van der Waals surface area contributed by atoms with Gasteiger partial charge in [0.1, 0.15) is 0 Å². The normalized spacial score (nSPS) is 13.1. The predicted molar refractivity (Wildman–Crippen MR) is 81.9 cm³/mol. The van der Waals surface area contributed by atoms with Gasteiger partial charge in [0.25, 0.3) is 0 Å². The van der Waals surface area contributed by atoms with E-state index < -0.39 is 16.0 Å². The van der Waals surface area contributed by atoms with Gasteiger partial charge < -0.3 is 5.11 Å². The van der Waals surface area contributed by atoms with Crippen molar-refractivity contribution in [3.05, 3.63) is 28.8 Å². The third-order valence-corrected chi connectivity index (χ3v) is 5.20. The highest BCUT2D eigenvalue weighted by molar-refractivity contribution is 7.89. The molecule has 0 saturated carbocycles. The molecular formula is C15H23NO4S. The van der Waals surface area contributed by atoms with Gasteiger partial charge in [0, 0.05) is 13.0 Å². The molecule has 1 rings (SSSR count). The molecule has 0 amide bonds. The van der Waals surface area contributed by atoms with Crippen LogP contribution in [0.2, 0.25) is 0 Å². The fourth-order valence-electron chi connectivity index (χ4n) is 2.50. The first-order valence-electron chi connectivity index (χ1n) is 6.96. The molecule has 0 aromatic heterocycles. The van der Waals surface area contributed by atoms with Crippen LogP contribution in [0.25, 0.3) is 0 Å². The molecule has 118 valence electrons. The molecule has 0 heterocycles. The lowest BCUT2D eigenvalue weighted by Crippen LogP contribution is -2.31. The summed E-state index contributed by atoms with van der Waals surface area (Å²) in [5.74, 6) is -1.12. The van der Waals surface area contributed by atoms with E-state index in [2.05, 4.69) is 4.72 Å².